The number of rotatable bonds is 4. The van der Waals surface area contributed by atoms with Crippen molar-refractivity contribution >= 4 is 34.5 Å². The van der Waals surface area contributed by atoms with Gasteiger partial charge in [0, 0.05) is 37.6 Å². The molecular weight excluding hydrogens is 382 g/mol. The van der Waals surface area contributed by atoms with Gasteiger partial charge < -0.3 is 15.1 Å². The lowest BCUT2D eigenvalue weighted by atomic mass is 9.98. The summed E-state index contributed by atoms with van der Waals surface area (Å²) in [6.07, 6.45) is 5.68. The number of piperidine rings is 2. The van der Waals surface area contributed by atoms with Crippen LogP contribution in [0.1, 0.15) is 59.1 Å². The van der Waals surface area contributed by atoms with Crippen LogP contribution in [0.15, 0.2) is 35.7 Å². The average Bonchev–Trinajstić information content (AvgIpc) is 3.29. The first-order valence-corrected chi connectivity index (χ1v) is 11.5. The first kappa shape index (κ1) is 20.0. The first-order valence-electron chi connectivity index (χ1n) is 10.6. The number of benzene rings is 1. The van der Waals surface area contributed by atoms with Crippen LogP contribution in [-0.2, 0) is 0 Å². The van der Waals surface area contributed by atoms with Crippen molar-refractivity contribution in [2.75, 3.05) is 36.4 Å². The van der Waals surface area contributed by atoms with Crippen molar-refractivity contribution < 1.29 is 9.59 Å². The fraction of sp³-hybridized carbons (Fsp3) is 0.478. The van der Waals surface area contributed by atoms with Crippen LogP contribution in [0.2, 0.25) is 0 Å². The molecule has 6 heteroatoms. The number of amides is 2. The van der Waals surface area contributed by atoms with Crippen LogP contribution in [0, 0.1) is 5.92 Å². The summed E-state index contributed by atoms with van der Waals surface area (Å²) >= 11 is 1.41. The molecule has 2 fully saturated rings. The minimum atomic E-state index is -0.129. The molecule has 1 aromatic heterocycles. The number of likely N-dealkylation sites (tertiary alicyclic amines) is 1. The van der Waals surface area contributed by atoms with E-state index in [9.17, 15) is 9.59 Å². The molecule has 2 aliphatic rings. The van der Waals surface area contributed by atoms with Crippen molar-refractivity contribution in [1.29, 1.82) is 0 Å². The van der Waals surface area contributed by atoms with Gasteiger partial charge in [0.15, 0.2) is 0 Å². The summed E-state index contributed by atoms with van der Waals surface area (Å²) < 4.78 is 0. The number of carbonyl (C=O) groups excluding carboxylic acids is 2. The summed E-state index contributed by atoms with van der Waals surface area (Å²) in [6, 6.07) is 9.48. The molecule has 0 spiro atoms. The van der Waals surface area contributed by atoms with Crippen molar-refractivity contribution in [2.24, 2.45) is 5.92 Å². The van der Waals surface area contributed by atoms with Gasteiger partial charge in [0.25, 0.3) is 11.8 Å². The van der Waals surface area contributed by atoms with Crippen molar-refractivity contribution in [3.63, 3.8) is 0 Å². The Labute approximate surface area is 176 Å². The van der Waals surface area contributed by atoms with Crippen LogP contribution in [0.5, 0.6) is 0 Å². The highest BCUT2D eigenvalue weighted by Gasteiger charge is 2.26. The molecule has 1 N–H and O–H groups in total. The van der Waals surface area contributed by atoms with Gasteiger partial charge in [-0.3, -0.25) is 9.59 Å². The van der Waals surface area contributed by atoms with Crippen molar-refractivity contribution in [2.45, 2.75) is 39.0 Å². The van der Waals surface area contributed by atoms with Gasteiger partial charge in [-0.2, -0.15) is 0 Å². The fourth-order valence-electron chi connectivity index (χ4n) is 4.18. The Kier molecular flexibility index (Phi) is 6.19. The molecule has 3 heterocycles. The number of anilines is 2. The largest absolute Gasteiger partial charge is 0.371 e. The topological polar surface area (TPSA) is 52.7 Å². The Morgan fingerprint density at radius 3 is 2.48 bits per heavy atom. The molecule has 4 rings (SSSR count). The molecule has 1 aromatic carbocycles. The maximum atomic E-state index is 13.4. The predicted molar refractivity (Wildman–Crippen MR) is 119 cm³/mol. The Morgan fingerprint density at radius 1 is 1.03 bits per heavy atom. The van der Waals surface area contributed by atoms with Gasteiger partial charge in [-0.1, -0.05) is 13.0 Å². The number of thiophene rings is 1. The summed E-state index contributed by atoms with van der Waals surface area (Å²) in [6.45, 7) is 5.84. The van der Waals surface area contributed by atoms with E-state index in [0.29, 0.717) is 22.0 Å². The summed E-state index contributed by atoms with van der Waals surface area (Å²) in [5.41, 5.74) is 2.39. The van der Waals surface area contributed by atoms with Crippen LogP contribution in [0.3, 0.4) is 0 Å². The Balaban J connectivity index is 1.61. The lowest BCUT2D eigenvalue weighted by molar-refractivity contribution is 0.0697. The van der Waals surface area contributed by atoms with Gasteiger partial charge in [0.1, 0.15) is 0 Å². The number of nitrogens with zero attached hydrogens (tertiary/aromatic N) is 2. The molecule has 29 heavy (non-hydrogen) atoms. The molecule has 2 aliphatic heterocycles. The van der Waals surface area contributed by atoms with Gasteiger partial charge in [-0.15, -0.1) is 11.3 Å². The van der Waals surface area contributed by atoms with Crippen LogP contribution in [0.25, 0.3) is 0 Å². The second-order valence-corrected chi connectivity index (χ2v) is 9.13. The molecule has 2 aromatic rings. The van der Waals surface area contributed by atoms with Gasteiger partial charge in [-0.05, 0) is 67.7 Å². The Hall–Kier alpha value is -2.34. The van der Waals surface area contributed by atoms with Crippen LogP contribution in [0.4, 0.5) is 11.4 Å². The molecular formula is C23H29N3O2S. The number of hydrogen-bond donors (Lipinski definition) is 1. The van der Waals surface area contributed by atoms with E-state index in [2.05, 4.69) is 17.1 Å². The minimum Gasteiger partial charge on any atom is -0.371 e. The predicted octanol–water partition coefficient (Wildman–Crippen LogP) is 4.86. The van der Waals surface area contributed by atoms with E-state index in [1.54, 1.807) is 0 Å². The van der Waals surface area contributed by atoms with E-state index >= 15 is 0 Å². The average molecular weight is 412 g/mol. The highest BCUT2D eigenvalue weighted by molar-refractivity contribution is 7.12. The maximum absolute atomic E-state index is 13.4. The van der Waals surface area contributed by atoms with E-state index in [1.807, 2.05) is 40.6 Å². The van der Waals surface area contributed by atoms with E-state index in [-0.39, 0.29) is 11.8 Å². The van der Waals surface area contributed by atoms with Crippen LogP contribution >= 0.6 is 11.3 Å². The first-order chi connectivity index (χ1) is 14.1. The van der Waals surface area contributed by atoms with E-state index in [0.717, 1.165) is 57.5 Å². The zero-order valence-corrected chi connectivity index (χ0v) is 17.8. The SMILES string of the molecule is CC1CCN(C(=O)c2cc(NC(=O)c3cccs3)ccc2N2CCCCC2)CC1. The zero-order chi connectivity index (χ0) is 20.2. The quantitative estimate of drug-likeness (QED) is 0.781. The molecule has 2 saturated heterocycles. The molecule has 0 atom stereocenters. The summed E-state index contributed by atoms with van der Waals surface area (Å²) in [5, 5.41) is 4.85. The number of hydrogen-bond acceptors (Lipinski definition) is 4. The lowest BCUT2D eigenvalue weighted by Crippen LogP contribution is -2.39. The summed E-state index contributed by atoms with van der Waals surface area (Å²) in [7, 11) is 0. The minimum absolute atomic E-state index is 0.0877. The van der Waals surface area contributed by atoms with E-state index < -0.39 is 0 Å². The van der Waals surface area contributed by atoms with Crippen molar-refractivity contribution in [1.82, 2.24) is 4.90 Å². The molecule has 0 bridgehead atoms. The van der Waals surface area contributed by atoms with Crippen molar-refractivity contribution in [3.05, 3.63) is 46.2 Å². The van der Waals surface area contributed by atoms with Crippen LogP contribution in [-0.4, -0.2) is 42.9 Å². The monoisotopic (exact) mass is 411 g/mol. The number of carbonyl (C=O) groups is 2. The standard InChI is InChI=1S/C23H29N3O2S/c1-17-9-13-26(14-10-17)23(28)19-16-18(24-22(27)21-6-5-15-29-21)7-8-20(19)25-11-3-2-4-12-25/h5-8,15-17H,2-4,9-14H2,1H3,(H,24,27). The van der Waals surface area contributed by atoms with Gasteiger partial charge in [0.05, 0.1) is 10.4 Å². The highest BCUT2D eigenvalue weighted by Crippen LogP contribution is 2.30. The molecule has 0 radical (unpaired) electrons. The van der Waals surface area contributed by atoms with Crippen molar-refractivity contribution in [3.8, 4) is 0 Å². The van der Waals surface area contributed by atoms with Gasteiger partial charge >= 0.3 is 0 Å². The summed E-state index contributed by atoms with van der Waals surface area (Å²) in [4.78, 5) is 30.9. The third-order valence-corrected chi connectivity index (χ3v) is 6.87. The van der Waals surface area contributed by atoms with Gasteiger partial charge in [0.2, 0.25) is 0 Å². The zero-order valence-electron chi connectivity index (χ0n) is 17.0. The second-order valence-electron chi connectivity index (χ2n) is 8.19. The Morgan fingerprint density at radius 2 is 1.79 bits per heavy atom. The lowest BCUT2D eigenvalue weighted by Gasteiger charge is -2.34. The smallest absolute Gasteiger partial charge is 0.265 e. The summed E-state index contributed by atoms with van der Waals surface area (Å²) in [5.74, 6) is 0.637. The molecule has 0 aliphatic carbocycles. The van der Waals surface area contributed by atoms with Gasteiger partial charge in [-0.25, -0.2) is 0 Å². The third-order valence-electron chi connectivity index (χ3n) is 6.00. The normalized spacial score (nSPS) is 18.0. The number of nitrogens with one attached hydrogen (secondary N) is 1. The molecule has 0 saturated carbocycles. The van der Waals surface area contributed by atoms with Crippen LogP contribution < -0.4 is 10.2 Å². The maximum Gasteiger partial charge on any atom is 0.265 e. The fourth-order valence-corrected chi connectivity index (χ4v) is 4.80. The Bertz CT molecular complexity index is 851. The molecule has 2 amide bonds. The molecule has 0 unspecified atom stereocenters. The third kappa shape index (κ3) is 4.64. The van der Waals surface area contributed by atoms with E-state index in [4.69, 9.17) is 0 Å². The molecule has 5 nitrogen and oxygen atoms in total. The highest BCUT2D eigenvalue weighted by atomic mass is 32.1. The second kappa shape index (κ2) is 8.99. The van der Waals surface area contributed by atoms with E-state index in [1.165, 1.54) is 17.8 Å². The molecule has 154 valence electrons.